The third kappa shape index (κ3) is 20.7. The van der Waals surface area contributed by atoms with Gasteiger partial charge in [-0.15, -0.1) is 0 Å². The molecule has 2 fully saturated rings. The minimum absolute atomic E-state index is 0.0284. The number of anilines is 2. The number of nitrogens with two attached hydrogens (primary N) is 2. The number of ether oxygens (including phenoxy) is 5. The zero-order valence-electron chi connectivity index (χ0n) is 49.4. The maximum atomic E-state index is 13.7. The van der Waals surface area contributed by atoms with E-state index in [1.54, 1.807) is 45.0 Å². The predicted octanol–water partition coefficient (Wildman–Crippen LogP) is 5.24. The van der Waals surface area contributed by atoms with E-state index in [0.717, 1.165) is 18.2 Å². The van der Waals surface area contributed by atoms with Gasteiger partial charge in [0.25, 0.3) is 0 Å². The molecule has 0 spiro atoms. The Morgan fingerprint density at radius 1 is 0.851 bits per heavy atom. The minimum Gasteiger partial charge on any atom is -0.445 e. The standard InChI is InChI=1S/C59H81N11O16S/c1-37(2)52(68-50(72)13-5-4-8-23-70-51(73)30-38(3)56(70)75)48(71)32-41(11-9-21-62-57(60)76)55(74)66-43-17-14-39(15-18-43)34-84-58(77)63-22-25-81-26-27-82-28-29-83-59(78)86-49-33-44(31-42(49)35-85-87(61,79)80)69-24-20-46-53(64-36-65-54(46)69)67-47-19-16-40-10-6-7-12-45(40)47/h6-7,10,12,14-15,17-18,20,24,36-38,41-42,44,47,49,52H,4-5,8-9,11,13,16,19,21-23,25-35H2,1-3H3,(H,63,77)(H,66,74)(H,68,72)(H3,60,62,76)(H2,61,79,80)(H,64,65,67)/t38?,41-,42-,44+,47-,49-,52+/m0/s1. The molecule has 1 saturated carbocycles. The number of alkyl carbamates (subject to hydrolysis) is 1. The Kier molecular flexibility index (Phi) is 25.2. The Balaban J connectivity index is 0.755. The van der Waals surface area contributed by atoms with E-state index in [2.05, 4.69) is 48.7 Å². The molecule has 3 heterocycles. The fraction of sp³-hybridized carbons (Fsp3) is 0.559. The van der Waals surface area contributed by atoms with Crippen LogP contribution in [-0.2, 0) is 75.2 Å². The van der Waals surface area contributed by atoms with E-state index >= 15 is 0 Å². The number of aromatic nitrogens is 3. The third-order valence-electron chi connectivity index (χ3n) is 15.5. The molecule has 1 aliphatic heterocycles. The fourth-order valence-electron chi connectivity index (χ4n) is 11.0. The van der Waals surface area contributed by atoms with Crippen molar-refractivity contribution in [3.63, 3.8) is 0 Å². The van der Waals surface area contributed by atoms with Crippen molar-refractivity contribution in [3.8, 4) is 0 Å². The summed E-state index contributed by atoms with van der Waals surface area (Å²) in [5, 5.41) is 20.3. The summed E-state index contributed by atoms with van der Waals surface area (Å²) in [7, 11) is -4.27. The van der Waals surface area contributed by atoms with Crippen molar-refractivity contribution in [1.82, 2.24) is 35.4 Å². The number of hydrogen-bond donors (Lipinski definition) is 7. The highest BCUT2D eigenvalue weighted by molar-refractivity contribution is 7.84. The van der Waals surface area contributed by atoms with Crippen LogP contribution in [0.5, 0.6) is 0 Å². The first kappa shape index (κ1) is 66.7. The number of primary amides is 1. The monoisotopic (exact) mass is 1230 g/mol. The van der Waals surface area contributed by atoms with E-state index < -0.39 is 58.5 Å². The van der Waals surface area contributed by atoms with Gasteiger partial charge in [-0.1, -0.05) is 63.6 Å². The lowest BCUT2D eigenvalue weighted by molar-refractivity contribution is -0.139. The molecule has 2 aromatic carbocycles. The predicted molar refractivity (Wildman–Crippen MR) is 316 cm³/mol. The molecule has 7 atom stereocenters. The van der Waals surface area contributed by atoms with E-state index in [9.17, 15) is 46.8 Å². The van der Waals surface area contributed by atoms with Gasteiger partial charge in [-0.05, 0) is 85.8 Å². The number of fused-ring (bicyclic) bond motifs is 2. The Morgan fingerprint density at radius 2 is 1.61 bits per heavy atom. The number of ketones is 1. The zero-order valence-corrected chi connectivity index (χ0v) is 50.2. The van der Waals surface area contributed by atoms with Gasteiger partial charge in [0.2, 0.25) is 23.6 Å². The van der Waals surface area contributed by atoms with E-state index in [1.165, 1.54) is 22.4 Å². The van der Waals surface area contributed by atoms with Crippen LogP contribution in [-0.4, -0.2) is 147 Å². The Hall–Kier alpha value is -7.79. The number of unbranched alkanes of at least 4 members (excludes halogenated alkanes) is 2. The molecule has 0 bridgehead atoms. The number of Topliss-reactive ketones (excluding diaryl/α,β-unsaturated/α-hetero) is 1. The largest absolute Gasteiger partial charge is 0.508 e. The maximum Gasteiger partial charge on any atom is 0.508 e. The van der Waals surface area contributed by atoms with Gasteiger partial charge >= 0.3 is 28.6 Å². The normalized spacial score (nSPS) is 18.9. The molecule has 2 aliphatic carbocycles. The van der Waals surface area contributed by atoms with E-state index in [-0.39, 0.29) is 132 Å². The van der Waals surface area contributed by atoms with E-state index in [4.69, 9.17) is 38.7 Å². The maximum absolute atomic E-state index is 13.7. The molecule has 4 aromatic rings. The molecule has 87 heavy (non-hydrogen) atoms. The van der Waals surface area contributed by atoms with Crippen LogP contribution >= 0.6 is 0 Å². The van der Waals surface area contributed by atoms with Crippen LogP contribution in [0.25, 0.3) is 11.0 Å². The highest BCUT2D eigenvalue weighted by Crippen LogP contribution is 2.41. The smallest absolute Gasteiger partial charge is 0.445 e. The van der Waals surface area contributed by atoms with Gasteiger partial charge < -0.3 is 60.6 Å². The van der Waals surface area contributed by atoms with Crippen molar-refractivity contribution in [1.29, 1.82) is 0 Å². The second-order valence-electron chi connectivity index (χ2n) is 22.3. The lowest BCUT2D eigenvalue weighted by Crippen LogP contribution is -2.45. The molecule has 7 rings (SSSR count). The summed E-state index contributed by atoms with van der Waals surface area (Å²) in [6.07, 6.45) is 6.00. The number of likely N-dealkylation sites (tertiary alicyclic amines) is 1. The first-order valence-corrected chi connectivity index (χ1v) is 31.0. The summed E-state index contributed by atoms with van der Waals surface area (Å²) < 4.78 is 57.7. The Morgan fingerprint density at radius 3 is 2.34 bits per heavy atom. The summed E-state index contributed by atoms with van der Waals surface area (Å²) in [6, 6.07) is 15.1. The Labute approximate surface area is 505 Å². The average Bonchev–Trinajstić information content (AvgIpc) is 2.33. The lowest BCUT2D eigenvalue weighted by Gasteiger charge is -2.24. The number of carbonyl (C=O) groups is 8. The molecule has 3 aliphatic rings. The second-order valence-corrected chi connectivity index (χ2v) is 23.6. The highest BCUT2D eigenvalue weighted by Gasteiger charge is 2.40. The van der Waals surface area contributed by atoms with E-state index in [1.807, 2.05) is 29.0 Å². The minimum atomic E-state index is -4.27. The van der Waals surface area contributed by atoms with Crippen LogP contribution in [0.3, 0.4) is 0 Å². The summed E-state index contributed by atoms with van der Waals surface area (Å²) in [4.78, 5) is 112. The SMILES string of the molecule is CC1CC(=O)N(CCCCCC(=O)N[C@@H](C(=O)C[C@H](CCCNC(N)=O)C(=O)Nc2ccc(COC(=O)NCCOCCOCCOC(=O)O[C@H]3C[C@H](n4ccc5c(N[C@H]6CCc7ccccc76)ncnc54)C[C@H]3COS(N)(=O)=O)cc2)C(C)C)C1=O. The number of rotatable bonds is 35. The number of imide groups is 1. The number of amides is 7. The van der Waals surface area contributed by atoms with Gasteiger partial charge in [-0.2, -0.15) is 8.42 Å². The Bertz CT molecular complexity index is 3130. The first-order chi connectivity index (χ1) is 41.7. The average molecular weight is 1230 g/mol. The van der Waals surface area contributed by atoms with Crippen molar-refractivity contribution in [3.05, 3.63) is 83.8 Å². The first-order valence-electron chi connectivity index (χ1n) is 29.5. The number of aryl methyl sites for hydroxylation is 1. The van der Waals surface area contributed by atoms with Crippen molar-refractivity contribution in [2.24, 2.45) is 34.5 Å². The number of carbonyl (C=O) groups excluding carboxylic acids is 8. The molecular formula is C59H81N11O16S. The summed E-state index contributed by atoms with van der Waals surface area (Å²) in [5.74, 6) is -2.70. The molecule has 2 aromatic heterocycles. The molecule has 1 unspecified atom stereocenters. The summed E-state index contributed by atoms with van der Waals surface area (Å²) in [5.41, 5.74) is 9.48. The van der Waals surface area contributed by atoms with Crippen molar-refractivity contribution in [2.75, 3.05) is 69.9 Å². The van der Waals surface area contributed by atoms with Crippen LogP contribution < -0.4 is 37.5 Å². The molecule has 9 N–H and O–H groups in total. The van der Waals surface area contributed by atoms with Crippen LogP contribution in [0.1, 0.15) is 120 Å². The quantitative estimate of drug-likeness (QED) is 0.0176. The third-order valence-corrected chi connectivity index (χ3v) is 16.0. The van der Waals surface area contributed by atoms with Gasteiger partial charge in [0.1, 0.15) is 37.1 Å². The van der Waals surface area contributed by atoms with Gasteiger partial charge in [-0.25, -0.2) is 29.5 Å². The van der Waals surface area contributed by atoms with Crippen molar-refractivity contribution < 1.29 is 74.6 Å². The molecule has 474 valence electrons. The van der Waals surface area contributed by atoms with Gasteiger partial charge in [-0.3, -0.25) is 33.1 Å². The number of urea groups is 1. The number of benzene rings is 2. The molecule has 0 radical (unpaired) electrons. The van der Waals surface area contributed by atoms with Crippen LogP contribution in [0.4, 0.5) is 25.9 Å². The number of nitrogens with one attached hydrogen (secondary N) is 5. The van der Waals surface area contributed by atoms with Crippen molar-refractivity contribution >= 4 is 80.5 Å². The fourth-order valence-corrected chi connectivity index (χ4v) is 11.4. The van der Waals surface area contributed by atoms with E-state index in [0.29, 0.717) is 67.8 Å². The van der Waals surface area contributed by atoms with Crippen LogP contribution in [0, 0.1) is 23.7 Å². The van der Waals surface area contributed by atoms with Gasteiger partial charge in [0.15, 0.2) is 5.78 Å². The lowest BCUT2D eigenvalue weighted by atomic mass is 9.89. The highest BCUT2D eigenvalue weighted by atomic mass is 32.2. The zero-order chi connectivity index (χ0) is 62.5. The summed E-state index contributed by atoms with van der Waals surface area (Å²) >= 11 is 0. The van der Waals surface area contributed by atoms with Gasteiger partial charge in [0.05, 0.1) is 50.5 Å². The molecule has 27 nitrogen and oxygen atoms in total. The topological polar surface area (TPSA) is 372 Å². The molecular weight excluding hydrogens is 1150 g/mol. The molecule has 28 heteroatoms. The second kappa shape index (κ2) is 32.8. The molecule has 7 amide bonds. The van der Waals surface area contributed by atoms with Crippen molar-refractivity contribution in [2.45, 2.75) is 129 Å². The van der Waals surface area contributed by atoms with Crippen LogP contribution in [0.15, 0.2) is 67.1 Å². The van der Waals surface area contributed by atoms with Gasteiger partial charge in [0, 0.05) is 81.0 Å². The van der Waals surface area contributed by atoms with Crippen LogP contribution in [0.2, 0.25) is 0 Å². The molecule has 1 saturated heterocycles. The summed E-state index contributed by atoms with van der Waals surface area (Å²) in [6.45, 7) is 5.92. The number of nitrogens with zero attached hydrogens (tertiary/aromatic N) is 4. The number of hydrogen-bond acceptors (Lipinski definition) is 19.